The molecule has 1 aliphatic carbocycles. The number of pyridine rings is 1. The van der Waals surface area contributed by atoms with Crippen LogP contribution in [-0.2, 0) is 0 Å². The molecule has 1 aliphatic rings. The number of allylic oxidation sites excluding steroid dienone is 2. The number of rotatable bonds is 2. The summed E-state index contributed by atoms with van der Waals surface area (Å²) in [6.45, 7) is 0. The average Bonchev–Trinajstić information content (AvgIpc) is 2.33. The molecule has 90 valence electrons. The molecule has 1 aromatic rings. The van der Waals surface area contributed by atoms with Gasteiger partial charge in [0.2, 0.25) is 0 Å². The van der Waals surface area contributed by atoms with Gasteiger partial charge in [-0.15, -0.1) is 0 Å². The van der Waals surface area contributed by atoms with Gasteiger partial charge in [0.25, 0.3) is 0 Å². The van der Waals surface area contributed by atoms with Crippen LogP contribution < -0.4 is 5.73 Å². The quantitative estimate of drug-likeness (QED) is 0.647. The summed E-state index contributed by atoms with van der Waals surface area (Å²) in [6, 6.07) is 1.58. The highest BCUT2D eigenvalue weighted by molar-refractivity contribution is 6.31. The van der Waals surface area contributed by atoms with Gasteiger partial charge in [0.05, 0.1) is 10.6 Å². The predicted molar refractivity (Wildman–Crippen MR) is 69.2 cm³/mol. The van der Waals surface area contributed by atoms with E-state index in [9.17, 15) is 4.79 Å². The smallest absolute Gasteiger partial charge is 0.189 e. The van der Waals surface area contributed by atoms with E-state index in [0.29, 0.717) is 10.6 Å². The third-order valence-electron chi connectivity index (χ3n) is 2.98. The lowest BCUT2D eigenvalue weighted by molar-refractivity contribution is 0.104. The predicted octanol–water partition coefficient (Wildman–Crippen LogP) is 3.39. The maximum Gasteiger partial charge on any atom is 0.189 e. The molecule has 0 spiro atoms. The molecular formula is C13H15ClN2O. The number of hydrogen-bond donors (Lipinski definition) is 1. The van der Waals surface area contributed by atoms with Gasteiger partial charge in [0, 0.05) is 6.20 Å². The van der Waals surface area contributed by atoms with Crippen molar-refractivity contribution in [1.29, 1.82) is 0 Å². The molecule has 1 saturated carbocycles. The minimum absolute atomic E-state index is 0.0885. The molecule has 0 radical (unpaired) electrons. The molecular weight excluding hydrogens is 236 g/mol. The Morgan fingerprint density at radius 2 is 2.06 bits per heavy atom. The maximum absolute atomic E-state index is 12.0. The summed E-state index contributed by atoms with van der Waals surface area (Å²) in [5.41, 5.74) is 7.28. The lowest BCUT2D eigenvalue weighted by atomic mass is 9.93. The van der Waals surface area contributed by atoms with E-state index in [-0.39, 0.29) is 11.6 Å². The van der Waals surface area contributed by atoms with Gasteiger partial charge in [-0.25, -0.2) is 4.98 Å². The van der Waals surface area contributed by atoms with E-state index in [0.717, 1.165) is 12.8 Å². The molecule has 0 bridgehead atoms. The van der Waals surface area contributed by atoms with E-state index in [1.54, 1.807) is 12.1 Å². The summed E-state index contributed by atoms with van der Waals surface area (Å²) in [6.07, 6.45) is 8.76. The summed E-state index contributed by atoms with van der Waals surface area (Å²) in [7, 11) is 0. The number of aromatic nitrogens is 1. The van der Waals surface area contributed by atoms with Crippen molar-refractivity contribution < 1.29 is 4.79 Å². The van der Waals surface area contributed by atoms with E-state index in [4.69, 9.17) is 17.3 Å². The molecule has 2 N–H and O–H groups in total. The van der Waals surface area contributed by atoms with Crippen LogP contribution in [0.15, 0.2) is 23.9 Å². The number of anilines is 1. The number of nitrogen functional groups attached to an aromatic ring is 1. The Hall–Kier alpha value is -1.35. The van der Waals surface area contributed by atoms with E-state index in [1.165, 1.54) is 31.0 Å². The summed E-state index contributed by atoms with van der Waals surface area (Å²) in [5.74, 6) is 0.154. The third kappa shape index (κ3) is 3.07. The van der Waals surface area contributed by atoms with Crippen LogP contribution in [0.2, 0.25) is 5.02 Å². The highest BCUT2D eigenvalue weighted by Crippen LogP contribution is 2.24. The van der Waals surface area contributed by atoms with Crippen molar-refractivity contribution in [2.75, 3.05) is 5.73 Å². The molecule has 0 aliphatic heterocycles. The molecule has 2 rings (SSSR count). The van der Waals surface area contributed by atoms with Crippen molar-refractivity contribution in [1.82, 2.24) is 4.98 Å². The Morgan fingerprint density at radius 1 is 1.35 bits per heavy atom. The highest BCUT2D eigenvalue weighted by atomic mass is 35.5. The molecule has 3 nitrogen and oxygen atoms in total. The van der Waals surface area contributed by atoms with Crippen LogP contribution in [0.25, 0.3) is 0 Å². The number of carbonyl (C=O) groups is 1. The SMILES string of the molecule is Nc1ncc(Cl)cc1C(=O)C=C1CCCCC1. The third-order valence-corrected chi connectivity index (χ3v) is 3.19. The lowest BCUT2D eigenvalue weighted by Gasteiger charge is -2.13. The fourth-order valence-electron chi connectivity index (χ4n) is 2.06. The van der Waals surface area contributed by atoms with Gasteiger partial charge in [-0.3, -0.25) is 4.79 Å². The fraction of sp³-hybridized carbons (Fsp3) is 0.385. The van der Waals surface area contributed by atoms with Gasteiger partial charge in [0.1, 0.15) is 5.82 Å². The van der Waals surface area contributed by atoms with Gasteiger partial charge < -0.3 is 5.73 Å². The summed E-state index contributed by atoms with van der Waals surface area (Å²) >= 11 is 5.81. The highest BCUT2D eigenvalue weighted by Gasteiger charge is 2.12. The van der Waals surface area contributed by atoms with Crippen LogP contribution >= 0.6 is 11.6 Å². The fourth-order valence-corrected chi connectivity index (χ4v) is 2.22. The molecule has 0 aromatic carbocycles. The lowest BCUT2D eigenvalue weighted by Crippen LogP contribution is -2.05. The monoisotopic (exact) mass is 250 g/mol. The van der Waals surface area contributed by atoms with E-state index >= 15 is 0 Å². The average molecular weight is 251 g/mol. The first-order chi connectivity index (χ1) is 8.16. The van der Waals surface area contributed by atoms with Crippen LogP contribution in [0.3, 0.4) is 0 Å². The van der Waals surface area contributed by atoms with Gasteiger partial charge in [-0.2, -0.15) is 0 Å². The first-order valence-corrected chi connectivity index (χ1v) is 6.19. The zero-order chi connectivity index (χ0) is 12.3. The molecule has 0 atom stereocenters. The van der Waals surface area contributed by atoms with Crippen LogP contribution in [0.4, 0.5) is 5.82 Å². The molecule has 0 unspecified atom stereocenters. The molecule has 1 fully saturated rings. The standard InChI is InChI=1S/C13H15ClN2O/c14-10-7-11(13(15)16-8-10)12(17)6-9-4-2-1-3-5-9/h6-8H,1-5H2,(H2,15,16). The number of carbonyl (C=O) groups excluding carboxylic acids is 1. The zero-order valence-corrected chi connectivity index (χ0v) is 10.3. The second-order valence-corrected chi connectivity index (χ2v) is 4.75. The molecule has 17 heavy (non-hydrogen) atoms. The Labute approximate surface area is 106 Å². The van der Waals surface area contributed by atoms with Crippen LogP contribution in [0.1, 0.15) is 42.5 Å². The van der Waals surface area contributed by atoms with Gasteiger partial charge in [-0.05, 0) is 37.8 Å². The summed E-state index contributed by atoms with van der Waals surface area (Å²) in [4.78, 5) is 15.9. The largest absolute Gasteiger partial charge is 0.383 e. The van der Waals surface area contributed by atoms with Crippen LogP contribution in [-0.4, -0.2) is 10.8 Å². The minimum atomic E-state index is -0.0885. The van der Waals surface area contributed by atoms with Gasteiger partial charge in [-0.1, -0.05) is 23.6 Å². The van der Waals surface area contributed by atoms with Crippen LogP contribution in [0, 0.1) is 0 Å². The minimum Gasteiger partial charge on any atom is -0.383 e. The van der Waals surface area contributed by atoms with Gasteiger partial charge in [0.15, 0.2) is 5.78 Å². The second-order valence-electron chi connectivity index (χ2n) is 4.31. The molecule has 4 heteroatoms. The van der Waals surface area contributed by atoms with E-state index in [2.05, 4.69) is 4.98 Å². The van der Waals surface area contributed by atoms with Crippen LogP contribution in [0.5, 0.6) is 0 Å². The van der Waals surface area contributed by atoms with Crippen molar-refractivity contribution in [3.63, 3.8) is 0 Å². The number of nitrogens with zero attached hydrogens (tertiary/aromatic N) is 1. The summed E-state index contributed by atoms with van der Waals surface area (Å²) < 4.78 is 0. The maximum atomic E-state index is 12.0. The van der Waals surface area contributed by atoms with Crippen molar-refractivity contribution in [3.05, 3.63) is 34.5 Å². The number of nitrogens with two attached hydrogens (primary N) is 1. The number of ketones is 1. The number of hydrogen-bond acceptors (Lipinski definition) is 3. The Balaban J connectivity index is 2.21. The normalized spacial score (nSPS) is 15.7. The molecule has 0 saturated heterocycles. The van der Waals surface area contributed by atoms with Crippen molar-refractivity contribution in [3.8, 4) is 0 Å². The molecule has 1 aromatic heterocycles. The first-order valence-electron chi connectivity index (χ1n) is 5.81. The summed E-state index contributed by atoms with van der Waals surface area (Å²) in [5, 5.41) is 0.435. The Morgan fingerprint density at radius 3 is 2.76 bits per heavy atom. The Bertz CT molecular complexity index is 460. The Kier molecular flexibility index (Phi) is 3.79. The van der Waals surface area contributed by atoms with Crippen molar-refractivity contribution >= 4 is 23.2 Å². The van der Waals surface area contributed by atoms with Gasteiger partial charge >= 0.3 is 0 Å². The topological polar surface area (TPSA) is 56.0 Å². The second kappa shape index (κ2) is 5.32. The number of halogens is 1. The molecule has 0 amide bonds. The van der Waals surface area contributed by atoms with Crippen molar-refractivity contribution in [2.24, 2.45) is 0 Å². The van der Waals surface area contributed by atoms with E-state index in [1.807, 2.05) is 0 Å². The first kappa shape index (κ1) is 12.1. The van der Waals surface area contributed by atoms with Crippen molar-refractivity contribution in [2.45, 2.75) is 32.1 Å². The zero-order valence-electron chi connectivity index (χ0n) is 9.58. The van der Waals surface area contributed by atoms with E-state index < -0.39 is 0 Å². The molecule has 1 heterocycles.